The molecule has 0 bridgehead atoms. The molecule has 0 unspecified atom stereocenters. The van der Waals surface area contributed by atoms with Crippen LogP contribution in [0.25, 0.3) is 0 Å². The van der Waals surface area contributed by atoms with E-state index in [0.717, 1.165) is 24.0 Å². The van der Waals surface area contributed by atoms with E-state index in [4.69, 9.17) is 0 Å². The van der Waals surface area contributed by atoms with Gasteiger partial charge in [0.15, 0.2) is 0 Å². The first-order valence-corrected chi connectivity index (χ1v) is 7.36. The van der Waals surface area contributed by atoms with Crippen LogP contribution >= 0.6 is 31.9 Å². The van der Waals surface area contributed by atoms with Crippen LogP contribution in [0.4, 0.5) is 4.39 Å². The van der Waals surface area contributed by atoms with Crippen LogP contribution in [0, 0.1) is 5.82 Å². The van der Waals surface area contributed by atoms with Crippen LogP contribution < -0.4 is 5.32 Å². The molecule has 1 rings (SSSR count). The number of unbranched alkanes of at least 4 members (excludes halogenated alkanes) is 2. The smallest absolute Gasteiger partial charge is 0.137 e. The Morgan fingerprint density at radius 2 is 2.00 bits per heavy atom. The van der Waals surface area contributed by atoms with Gasteiger partial charge in [-0.3, -0.25) is 0 Å². The molecule has 1 aromatic carbocycles. The molecule has 0 atom stereocenters. The van der Waals surface area contributed by atoms with Crippen LogP contribution in [-0.2, 0) is 6.54 Å². The fourth-order valence-electron chi connectivity index (χ4n) is 1.40. The van der Waals surface area contributed by atoms with E-state index in [1.54, 1.807) is 0 Å². The number of rotatable bonds is 7. The molecule has 0 saturated carbocycles. The molecule has 0 aliphatic carbocycles. The Labute approximate surface area is 113 Å². The van der Waals surface area contributed by atoms with Gasteiger partial charge in [0, 0.05) is 11.9 Å². The molecule has 0 radical (unpaired) electrons. The Morgan fingerprint density at radius 1 is 1.19 bits per heavy atom. The summed E-state index contributed by atoms with van der Waals surface area (Å²) < 4.78 is 13.5. The van der Waals surface area contributed by atoms with E-state index in [0.29, 0.717) is 4.47 Å². The van der Waals surface area contributed by atoms with Gasteiger partial charge in [0.2, 0.25) is 0 Å². The van der Waals surface area contributed by atoms with Crippen LogP contribution in [0.15, 0.2) is 22.7 Å². The van der Waals surface area contributed by atoms with Gasteiger partial charge in [0.1, 0.15) is 5.82 Å². The Kier molecular flexibility index (Phi) is 7.25. The first-order chi connectivity index (χ1) is 7.74. The Balaban J connectivity index is 2.19. The van der Waals surface area contributed by atoms with E-state index < -0.39 is 0 Å². The highest BCUT2D eigenvalue weighted by Gasteiger charge is 1.99. The van der Waals surface area contributed by atoms with Crippen molar-refractivity contribution in [3.05, 3.63) is 34.1 Å². The molecular formula is C12H16Br2FN. The lowest BCUT2D eigenvalue weighted by Crippen LogP contribution is -2.14. The zero-order valence-electron chi connectivity index (χ0n) is 9.11. The van der Waals surface area contributed by atoms with Crippen molar-refractivity contribution in [1.29, 1.82) is 0 Å². The minimum atomic E-state index is -0.207. The molecule has 1 N–H and O–H groups in total. The minimum Gasteiger partial charge on any atom is -0.313 e. The predicted molar refractivity (Wildman–Crippen MR) is 73.5 cm³/mol. The summed E-state index contributed by atoms with van der Waals surface area (Å²) in [7, 11) is 0. The molecule has 0 saturated heterocycles. The van der Waals surface area contributed by atoms with E-state index in [9.17, 15) is 4.39 Å². The van der Waals surface area contributed by atoms with Crippen molar-refractivity contribution in [2.24, 2.45) is 0 Å². The van der Waals surface area contributed by atoms with Crippen molar-refractivity contribution in [1.82, 2.24) is 5.32 Å². The Hall–Kier alpha value is 0.0700. The SMILES string of the molecule is Fc1ccc(CNCCCCCBr)cc1Br. The van der Waals surface area contributed by atoms with Crippen LogP contribution in [0.2, 0.25) is 0 Å². The molecule has 0 fully saturated rings. The van der Waals surface area contributed by atoms with E-state index in [1.165, 1.54) is 25.3 Å². The topological polar surface area (TPSA) is 12.0 Å². The van der Waals surface area contributed by atoms with Gasteiger partial charge in [-0.25, -0.2) is 4.39 Å². The van der Waals surface area contributed by atoms with E-state index in [-0.39, 0.29) is 5.82 Å². The highest BCUT2D eigenvalue weighted by atomic mass is 79.9. The summed E-state index contributed by atoms with van der Waals surface area (Å²) in [6.45, 7) is 1.81. The molecule has 0 amide bonds. The van der Waals surface area contributed by atoms with Gasteiger partial charge < -0.3 is 5.32 Å². The van der Waals surface area contributed by atoms with Crippen molar-refractivity contribution in [3.63, 3.8) is 0 Å². The molecule has 1 nitrogen and oxygen atoms in total. The maximum atomic E-state index is 13.0. The van der Waals surface area contributed by atoms with E-state index >= 15 is 0 Å². The molecule has 4 heteroatoms. The van der Waals surface area contributed by atoms with Gasteiger partial charge in [-0.1, -0.05) is 28.4 Å². The number of benzene rings is 1. The number of hydrogen-bond donors (Lipinski definition) is 1. The predicted octanol–water partition coefficient (Wildman–Crippen LogP) is 4.24. The third-order valence-electron chi connectivity index (χ3n) is 2.30. The summed E-state index contributed by atoms with van der Waals surface area (Å²) in [5.74, 6) is -0.207. The number of halogens is 3. The third kappa shape index (κ3) is 5.41. The lowest BCUT2D eigenvalue weighted by atomic mass is 10.2. The Morgan fingerprint density at radius 3 is 2.69 bits per heavy atom. The minimum absolute atomic E-state index is 0.207. The summed E-state index contributed by atoms with van der Waals surface area (Å²) in [4.78, 5) is 0. The number of nitrogens with one attached hydrogen (secondary N) is 1. The van der Waals surface area contributed by atoms with E-state index in [1.807, 2.05) is 12.1 Å². The summed E-state index contributed by atoms with van der Waals surface area (Å²) in [6, 6.07) is 5.12. The maximum absolute atomic E-state index is 13.0. The molecule has 0 aromatic heterocycles. The monoisotopic (exact) mass is 351 g/mol. The van der Waals surface area contributed by atoms with E-state index in [2.05, 4.69) is 37.2 Å². The molecule has 90 valence electrons. The zero-order chi connectivity index (χ0) is 11.8. The average Bonchev–Trinajstić information content (AvgIpc) is 2.28. The zero-order valence-corrected chi connectivity index (χ0v) is 12.3. The van der Waals surface area contributed by atoms with Crippen molar-refractivity contribution >= 4 is 31.9 Å². The highest BCUT2D eigenvalue weighted by molar-refractivity contribution is 9.10. The molecule has 16 heavy (non-hydrogen) atoms. The average molecular weight is 353 g/mol. The lowest BCUT2D eigenvalue weighted by Gasteiger charge is -2.05. The van der Waals surface area contributed by atoms with Gasteiger partial charge in [0.05, 0.1) is 4.47 Å². The second kappa shape index (κ2) is 8.20. The second-order valence-electron chi connectivity index (χ2n) is 3.67. The van der Waals surface area contributed by atoms with Crippen molar-refractivity contribution in [2.45, 2.75) is 25.8 Å². The molecular weight excluding hydrogens is 337 g/mol. The second-order valence-corrected chi connectivity index (χ2v) is 5.32. The number of alkyl halides is 1. The summed E-state index contributed by atoms with van der Waals surface area (Å²) in [6.07, 6.45) is 3.66. The van der Waals surface area contributed by atoms with Gasteiger partial charge in [-0.15, -0.1) is 0 Å². The lowest BCUT2D eigenvalue weighted by molar-refractivity contribution is 0.609. The first kappa shape index (κ1) is 14.1. The molecule has 0 aliphatic heterocycles. The summed E-state index contributed by atoms with van der Waals surface area (Å²) >= 11 is 6.59. The van der Waals surface area contributed by atoms with Crippen LogP contribution in [0.1, 0.15) is 24.8 Å². The molecule has 0 aliphatic rings. The van der Waals surface area contributed by atoms with Crippen molar-refractivity contribution in [2.75, 3.05) is 11.9 Å². The fraction of sp³-hybridized carbons (Fsp3) is 0.500. The first-order valence-electron chi connectivity index (χ1n) is 5.44. The van der Waals surface area contributed by atoms with Gasteiger partial charge in [-0.2, -0.15) is 0 Å². The van der Waals surface area contributed by atoms with Crippen LogP contribution in [0.3, 0.4) is 0 Å². The molecule has 0 heterocycles. The summed E-state index contributed by atoms with van der Waals surface area (Å²) in [5, 5.41) is 4.43. The molecule has 0 spiro atoms. The Bertz CT molecular complexity index is 318. The standard InChI is InChI=1S/C12H16Br2FN/c13-6-2-1-3-7-16-9-10-4-5-12(15)11(14)8-10/h4-5,8,16H,1-3,6-7,9H2. The van der Waals surface area contributed by atoms with Crippen LogP contribution in [-0.4, -0.2) is 11.9 Å². The van der Waals surface area contributed by atoms with Crippen LogP contribution in [0.5, 0.6) is 0 Å². The van der Waals surface area contributed by atoms with Crippen molar-refractivity contribution in [3.8, 4) is 0 Å². The van der Waals surface area contributed by atoms with Gasteiger partial charge >= 0.3 is 0 Å². The van der Waals surface area contributed by atoms with Crippen molar-refractivity contribution < 1.29 is 4.39 Å². The largest absolute Gasteiger partial charge is 0.313 e. The fourth-order valence-corrected chi connectivity index (χ4v) is 2.23. The third-order valence-corrected chi connectivity index (χ3v) is 3.47. The quantitative estimate of drug-likeness (QED) is 0.571. The highest BCUT2D eigenvalue weighted by Crippen LogP contribution is 2.16. The van der Waals surface area contributed by atoms with Gasteiger partial charge in [0.25, 0.3) is 0 Å². The van der Waals surface area contributed by atoms with Gasteiger partial charge in [-0.05, 0) is 53.0 Å². The maximum Gasteiger partial charge on any atom is 0.137 e. The molecule has 1 aromatic rings. The summed E-state index contributed by atoms with van der Waals surface area (Å²) in [5.41, 5.74) is 1.11. The number of hydrogen-bond acceptors (Lipinski definition) is 1. The normalized spacial score (nSPS) is 10.7.